The van der Waals surface area contributed by atoms with Crippen LogP contribution < -0.4 is 15.5 Å². The number of hydrogen-bond acceptors (Lipinski definition) is 7. The lowest BCUT2D eigenvalue weighted by Crippen LogP contribution is -2.19. The van der Waals surface area contributed by atoms with Crippen molar-refractivity contribution in [2.45, 2.75) is 32.8 Å². The topological polar surface area (TPSA) is 106 Å². The summed E-state index contributed by atoms with van der Waals surface area (Å²) < 4.78 is 5.74. The van der Waals surface area contributed by atoms with Crippen molar-refractivity contribution < 1.29 is 14.3 Å². The standard InChI is InChI=1S/C22H21Cl2N5O3S/c1-2-3-19(30)26-22-29-28-21(33-22)11-20(31)27-25-12-14-4-8-17(9-5-14)32-13-15-6-7-16(23)10-18(15)24/h4-10,12H,2-3,11,13H2,1H3,(H,27,31)(H,26,29,30)/b25-12-. The fourth-order valence-corrected chi connectivity index (χ4v) is 3.81. The summed E-state index contributed by atoms with van der Waals surface area (Å²) >= 11 is 13.2. The van der Waals surface area contributed by atoms with Crippen molar-refractivity contribution in [2.24, 2.45) is 5.10 Å². The van der Waals surface area contributed by atoms with Crippen LogP contribution in [0.2, 0.25) is 10.0 Å². The highest BCUT2D eigenvalue weighted by atomic mass is 35.5. The van der Waals surface area contributed by atoms with Gasteiger partial charge in [-0.15, -0.1) is 10.2 Å². The highest BCUT2D eigenvalue weighted by molar-refractivity contribution is 7.15. The third kappa shape index (κ3) is 8.12. The van der Waals surface area contributed by atoms with E-state index in [-0.39, 0.29) is 18.2 Å². The molecule has 0 saturated carbocycles. The molecule has 0 radical (unpaired) electrons. The zero-order chi connectivity index (χ0) is 23.6. The van der Waals surface area contributed by atoms with Crippen molar-refractivity contribution >= 4 is 57.7 Å². The number of carbonyl (C=O) groups excluding carboxylic acids is 2. The highest BCUT2D eigenvalue weighted by Crippen LogP contribution is 2.23. The van der Waals surface area contributed by atoms with E-state index in [1.54, 1.807) is 24.3 Å². The second-order valence-electron chi connectivity index (χ2n) is 6.86. The summed E-state index contributed by atoms with van der Waals surface area (Å²) in [5.74, 6) is 0.202. The Morgan fingerprint density at radius 2 is 1.91 bits per heavy atom. The third-order valence-corrected chi connectivity index (χ3v) is 5.62. The van der Waals surface area contributed by atoms with Gasteiger partial charge in [0.15, 0.2) is 0 Å². The maximum Gasteiger partial charge on any atom is 0.247 e. The predicted octanol–water partition coefficient (Wildman–Crippen LogP) is 4.86. The van der Waals surface area contributed by atoms with Crippen LogP contribution in [-0.4, -0.2) is 28.2 Å². The molecule has 0 aliphatic heterocycles. The van der Waals surface area contributed by atoms with Crippen LogP contribution in [0.25, 0.3) is 0 Å². The fourth-order valence-electron chi connectivity index (χ4n) is 2.59. The van der Waals surface area contributed by atoms with Gasteiger partial charge in [-0.1, -0.05) is 47.5 Å². The molecule has 1 aromatic heterocycles. The molecular formula is C22H21Cl2N5O3S. The van der Waals surface area contributed by atoms with Gasteiger partial charge >= 0.3 is 0 Å². The van der Waals surface area contributed by atoms with E-state index in [2.05, 4.69) is 26.0 Å². The van der Waals surface area contributed by atoms with E-state index >= 15 is 0 Å². The van der Waals surface area contributed by atoms with Crippen molar-refractivity contribution in [1.29, 1.82) is 0 Å². The molecule has 2 aromatic carbocycles. The van der Waals surface area contributed by atoms with Crippen molar-refractivity contribution in [3.63, 3.8) is 0 Å². The first kappa shape index (κ1) is 24.6. The number of nitrogens with one attached hydrogen (secondary N) is 2. The van der Waals surface area contributed by atoms with Gasteiger partial charge in [0, 0.05) is 22.0 Å². The van der Waals surface area contributed by atoms with Crippen LogP contribution in [0, 0.1) is 0 Å². The zero-order valence-electron chi connectivity index (χ0n) is 17.7. The predicted molar refractivity (Wildman–Crippen MR) is 130 cm³/mol. The molecule has 2 N–H and O–H groups in total. The van der Waals surface area contributed by atoms with Crippen LogP contribution in [0.15, 0.2) is 47.6 Å². The average Bonchev–Trinajstić information content (AvgIpc) is 3.20. The maximum atomic E-state index is 12.0. The number of hydrazone groups is 1. The van der Waals surface area contributed by atoms with Gasteiger partial charge in [-0.05, 0) is 48.4 Å². The minimum atomic E-state index is -0.339. The Morgan fingerprint density at radius 1 is 1.12 bits per heavy atom. The molecule has 8 nitrogen and oxygen atoms in total. The Kier molecular flexibility index (Phi) is 9.17. The monoisotopic (exact) mass is 505 g/mol. The SMILES string of the molecule is CCCC(=O)Nc1nnc(CC(=O)N/N=C\c2ccc(OCc3ccc(Cl)cc3Cl)cc2)s1. The van der Waals surface area contributed by atoms with Crippen molar-refractivity contribution in [1.82, 2.24) is 15.6 Å². The number of rotatable bonds is 10. The summed E-state index contributed by atoms with van der Waals surface area (Å²) in [7, 11) is 0. The van der Waals surface area contributed by atoms with Gasteiger partial charge in [0.05, 0.1) is 12.6 Å². The molecule has 11 heteroatoms. The van der Waals surface area contributed by atoms with Crippen LogP contribution >= 0.6 is 34.5 Å². The van der Waals surface area contributed by atoms with Crippen LogP contribution in [0.1, 0.15) is 35.9 Å². The summed E-state index contributed by atoms with van der Waals surface area (Å²) in [4.78, 5) is 23.6. The van der Waals surface area contributed by atoms with E-state index in [4.69, 9.17) is 27.9 Å². The van der Waals surface area contributed by atoms with E-state index in [0.717, 1.165) is 28.9 Å². The molecule has 1 heterocycles. The number of nitrogens with zero attached hydrogens (tertiary/aromatic N) is 3. The van der Waals surface area contributed by atoms with Gasteiger partial charge in [-0.3, -0.25) is 9.59 Å². The summed E-state index contributed by atoms with van der Waals surface area (Å²) in [5, 5.41) is 16.4. The molecule has 0 saturated heterocycles. The number of hydrogen-bond donors (Lipinski definition) is 2. The van der Waals surface area contributed by atoms with Crippen molar-refractivity contribution in [3.05, 3.63) is 68.6 Å². The number of aromatic nitrogens is 2. The van der Waals surface area contributed by atoms with Crippen LogP contribution in [0.5, 0.6) is 5.75 Å². The molecule has 3 aromatic rings. The molecule has 0 aliphatic carbocycles. The molecule has 2 amide bonds. The summed E-state index contributed by atoms with van der Waals surface area (Å²) in [5.41, 5.74) is 4.06. The van der Waals surface area contributed by atoms with Crippen molar-refractivity contribution in [2.75, 3.05) is 5.32 Å². The first-order valence-electron chi connectivity index (χ1n) is 10.0. The zero-order valence-corrected chi connectivity index (χ0v) is 20.0. The Hall–Kier alpha value is -3.01. The molecule has 0 atom stereocenters. The number of ether oxygens (including phenoxy) is 1. The van der Waals surface area contributed by atoms with E-state index in [0.29, 0.717) is 39.0 Å². The lowest BCUT2D eigenvalue weighted by atomic mass is 10.2. The number of benzene rings is 2. The van der Waals surface area contributed by atoms with Gasteiger partial charge in [0.1, 0.15) is 17.4 Å². The van der Waals surface area contributed by atoms with Gasteiger partial charge in [0.2, 0.25) is 16.9 Å². The molecule has 3 rings (SSSR count). The van der Waals surface area contributed by atoms with E-state index < -0.39 is 0 Å². The Morgan fingerprint density at radius 3 is 2.64 bits per heavy atom. The van der Waals surface area contributed by atoms with Crippen LogP contribution in [0.3, 0.4) is 0 Å². The van der Waals surface area contributed by atoms with E-state index in [1.807, 2.05) is 25.1 Å². The van der Waals surface area contributed by atoms with Gasteiger partial charge in [-0.2, -0.15) is 5.10 Å². The molecule has 0 spiro atoms. The van der Waals surface area contributed by atoms with Crippen molar-refractivity contribution in [3.8, 4) is 5.75 Å². The summed E-state index contributed by atoms with van der Waals surface area (Å²) in [6.45, 7) is 2.23. The smallest absolute Gasteiger partial charge is 0.247 e. The number of anilines is 1. The molecule has 172 valence electrons. The molecule has 33 heavy (non-hydrogen) atoms. The number of amides is 2. The molecule has 0 unspecified atom stereocenters. The fraction of sp³-hybridized carbons (Fsp3) is 0.227. The Labute approximate surface area is 205 Å². The average molecular weight is 506 g/mol. The minimum Gasteiger partial charge on any atom is -0.489 e. The van der Waals surface area contributed by atoms with Crippen LogP contribution in [0.4, 0.5) is 5.13 Å². The minimum absolute atomic E-state index is 0.0126. The van der Waals surface area contributed by atoms with Gasteiger partial charge < -0.3 is 10.1 Å². The summed E-state index contributed by atoms with van der Waals surface area (Å²) in [6.07, 6.45) is 2.69. The Balaban J connectivity index is 1.44. The third-order valence-electron chi connectivity index (χ3n) is 4.19. The van der Waals surface area contributed by atoms with Gasteiger partial charge in [-0.25, -0.2) is 5.43 Å². The molecular weight excluding hydrogens is 485 g/mol. The Bertz CT molecular complexity index is 1140. The lowest BCUT2D eigenvalue weighted by Gasteiger charge is -2.08. The summed E-state index contributed by atoms with van der Waals surface area (Å²) in [6, 6.07) is 12.5. The quantitative estimate of drug-likeness (QED) is 0.302. The molecule has 0 fully saturated rings. The number of halogens is 2. The lowest BCUT2D eigenvalue weighted by molar-refractivity contribution is -0.120. The van der Waals surface area contributed by atoms with Crippen LogP contribution in [-0.2, 0) is 22.6 Å². The second-order valence-corrected chi connectivity index (χ2v) is 8.77. The van der Waals surface area contributed by atoms with E-state index in [1.165, 1.54) is 6.21 Å². The highest BCUT2D eigenvalue weighted by Gasteiger charge is 2.11. The van der Waals surface area contributed by atoms with Gasteiger partial charge in [0.25, 0.3) is 0 Å². The first-order chi connectivity index (χ1) is 15.9. The molecule has 0 bridgehead atoms. The maximum absolute atomic E-state index is 12.0. The number of carbonyl (C=O) groups is 2. The molecule has 0 aliphatic rings. The normalized spacial score (nSPS) is 10.9. The van der Waals surface area contributed by atoms with E-state index in [9.17, 15) is 9.59 Å². The largest absolute Gasteiger partial charge is 0.489 e. The first-order valence-corrected chi connectivity index (χ1v) is 11.6. The second kappa shape index (κ2) is 12.3.